The van der Waals surface area contributed by atoms with Gasteiger partial charge in [-0.2, -0.15) is 4.72 Å². The fourth-order valence-electron chi connectivity index (χ4n) is 2.85. The zero-order valence-electron chi connectivity index (χ0n) is 13.8. The largest absolute Gasteiger partial charge is 0.332 e. The molecule has 0 radical (unpaired) electrons. The number of nitrogens with zero attached hydrogens (tertiary/aromatic N) is 2. The predicted octanol–water partition coefficient (Wildman–Crippen LogP) is 0.983. The van der Waals surface area contributed by atoms with Crippen LogP contribution in [0, 0.1) is 0 Å². The molecule has 3 rings (SSSR count). The van der Waals surface area contributed by atoms with Crippen LogP contribution in [0.1, 0.15) is 18.5 Å². The second-order valence-corrected chi connectivity index (χ2v) is 8.70. The Morgan fingerprint density at radius 2 is 2.28 bits per heavy atom. The van der Waals surface area contributed by atoms with Crippen molar-refractivity contribution in [3.05, 3.63) is 47.6 Å². The van der Waals surface area contributed by atoms with E-state index in [1.54, 1.807) is 35.7 Å². The first kappa shape index (κ1) is 18.0. The van der Waals surface area contributed by atoms with Crippen LogP contribution in [-0.2, 0) is 14.8 Å². The van der Waals surface area contributed by atoms with Gasteiger partial charge in [-0.3, -0.25) is 9.78 Å². The molecule has 7 nitrogen and oxygen atoms in total. The monoisotopic (exact) mass is 380 g/mol. The molecule has 0 bridgehead atoms. The van der Waals surface area contributed by atoms with E-state index in [4.69, 9.17) is 0 Å². The van der Waals surface area contributed by atoms with E-state index in [0.29, 0.717) is 19.6 Å². The molecule has 2 unspecified atom stereocenters. The molecule has 3 heterocycles. The third kappa shape index (κ3) is 4.06. The summed E-state index contributed by atoms with van der Waals surface area (Å²) in [5.74, 6) is -0.240. The van der Waals surface area contributed by atoms with Gasteiger partial charge in [0, 0.05) is 32.0 Å². The van der Waals surface area contributed by atoms with E-state index < -0.39 is 16.1 Å². The van der Waals surface area contributed by atoms with Crippen molar-refractivity contribution in [2.75, 3.05) is 19.6 Å². The number of pyridine rings is 1. The van der Waals surface area contributed by atoms with Gasteiger partial charge in [0.15, 0.2) is 0 Å². The molecule has 2 aromatic heterocycles. The van der Waals surface area contributed by atoms with Crippen molar-refractivity contribution in [1.29, 1.82) is 0 Å². The number of hydrogen-bond donors (Lipinski definition) is 2. The highest BCUT2D eigenvalue weighted by atomic mass is 32.2. The molecule has 0 saturated carbocycles. The van der Waals surface area contributed by atoms with Crippen molar-refractivity contribution < 1.29 is 13.2 Å². The standard InChI is InChI=1S/C16H20N4O3S2/c1-12(19-25(22,23)15-5-3-9-24-15)16(21)20-8-7-18-11-14(20)13-4-2-6-17-10-13/h2-6,9-10,12,14,18-19H,7-8,11H2,1H3. The molecule has 1 fully saturated rings. The lowest BCUT2D eigenvalue weighted by atomic mass is 10.0. The first-order chi connectivity index (χ1) is 12.0. The Balaban J connectivity index is 1.76. The molecule has 1 amide bonds. The molecule has 25 heavy (non-hydrogen) atoms. The summed E-state index contributed by atoms with van der Waals surface area (Å²) in [6, 6.07) is 5.93. The summed E-state index contributed by atoms with van der Waals surface area (Å²) >= 11 is 1.12. The highest BCUT2D eigenvalue weighted by Crippen LogP contribution is 2.23. The third-order valence-corrected chi connectivity index (χ3v) is 7.00. The molecular weight excluding hydrogens is 360 g/mol. The lowest BCUT2D eigenvalue weighted by Crippen LogP contribution is -2.54. The number of amides is 1. The van der Waals surface area contributed by atoms with E-state index in [2.05, 4.69) is 15.0 Å². The van der Waals surface area contributed by atoms with Crippen LogP contribution >= 0.6 is 11.3 Å². The van der Waals surface area contributed by atoms with Gasteiger partial charge in [-0.1, -0.05) is 12.1 Å². The van der Waals surface area contributed by atoms with Crippen LogP contribution in [0.2, 0.25) is 0 Å². The Hall–Kier alpha value is -1.81. The first-order valence-corrected chi connectivity index (χ1v) is 10.3. The van der Waals surface area contributed by atoms with Crippen LogP contribution in [-0.4, -0.2) is 49.9 Å². The number of aromatic nitrogens is 1. The van der Waals surface area contributed by atoms with E-state index in [9.17, 15) is 13.2 Å². The van der Waals surface area contributed by atoms with Crippen molar-refractivity contribution in [3.8, 4) is 0 Å². The topological polar surface area (TPSA) is 91.4 Å². The van der Waals surface area contributed by atoms with Gasteiger partial charge in [-0.15, -0.1) is 11.3 Å². The Morgan fingerprint density at radius 3 is 2.96 bits per heavy atom. The number of carbonyl (C=O) groups excluding carboxylic acids is 1. The van der Waals surface area contributed by atoms with Crippen LogP contribution in [0.4, 0.5) is 0 Å². The van der Waals surface area contributed by atoms with Gasteiger partial charge in [0.1, 0.15) is 4.21 Å². The Bertz CT molecular complexity index is 809. The van der Waals surface area contributed by atoms with Gasteiger partial charge in [0.2, 0.25) is 5.91 Å². The first-order valence-electron chi connectivity index (χ1n) is 7.96. The zero-order valence-corrected chi connectivity index (χ0v) is 15.4. The summed E-state index contributed by atoms with van der Waals surface area (Å²) in [6.45, 7) is 3.38. The molecule has 9 heteroatoms. The van der Waals surface area contributed by atoms with Crippen molar-refractivity contribution in [2.45, 2.75) is 23.2 Å². The van der Waals surface area contributed by atoms with Crippen molar-refractivity contribution in [1.82, 2.24) is 19.9 Å². The molecule has 2 atom stereocenters. The average Bonchev–Trinajstić information content (AvgIpc) is 3.17. The molecular formula is C16H20N4O3S2. The maximum atomic E-state index is 12.9. The molecule has 2 aromatic rings. The maximum absolute atomic E-state index is 12.9. The summed E-state index contributed by atoms with van der Waals surface area (Å²) < 4.78 is 27.4. The van der Waals surface area contributed by atoms with E-state index in [-0.39, 0.29) is 16.2 Å². The van der Waals surface area contributed by atoms with Crippen LogP contribution < -0.4 is 10.0 Å². The molecule has 134 valence electrons. The molecule has 2 N–H and O–H groups in total. The summed E-state index contributed by atoms with van der Waals surface area (Å²) in [6.07, 6.45) is 3.42. The van der Waals surface area contributed by atoms with Crippen molar-refractivity contribution >= 4 is 27.3 Å². The number of piperazine rings is 1. The summed E-state index contributed by atoms with van der Waals surface area (Å²) in [7, 11) is -3.69. The molecule has 1 aliphatic rings. The van der Waals surface area contributed by atoms with Gasteiger partial charge in [-0.25, -0.2) is 8.42 Å². The third-order valence-electron chi connectivity index (χ3n) is 4.06. The van der Waals surface area contributed by atoms with Crippen molar-refractivity contribution in [3.63, 3.8) is 0 Å². The summed E-state index contributed by atoms with van der Waals surface area (Å²) in [5, 5.41) is 4.96. The lowest BCUT2D eigenvalue weighted by Gasteiger charge is -2.37. The Kier molecular flexibility index (Phi) is 5.48. The van der Waals surface area contributed by atoms with Gasteiger partial charge in [-0.05, 0) is 30.0 Å². The van der Waals surface area contributed by atoms with Crippen LogP contribution in [0.15, 0.2) is 46.2 Å². The van der Waals surface area contributed by atoms with Crippen molar-refractivity contribution in [2.24, 2.45) is 0 Å². The number of thiophene rings is 1. The number of hydrogen-bond acceptors (Lipinski definition) is 6. The molecule has 0 spiro atoms. The van der Waals surface area contributed by atoms with Crippen LogP contribution in [0.3, 0.4) is 0 Å². The minimum Gasteiger partial charge on any atom is -0.332 e. The van der Waals surface area contributed by atoms with Gasteiger partial charge in [0.25, 0.3) is 10.0 Å². The SMILES string of the molecule is CC(NS(=O)(=O)c1cccs1)C(=O)N1CCNCC1c1cccnc1. The molecule has 1 saturated heterocycles. The average molecular weight is 380 g/mol. The second kappa shape index (κ2) is 7.61. The number of nitrogens with one attached hydrogen (secondary N) is 2. The molecule has 0 aromatic carbocycles. The molecule has 0 aliphatic carbocycles. The predicted molar refractivity (Wildman–Crippen MR) is 95.7 cm³/mol. The summed E-state index contributed by atoms with van der Waals surface area (Å²) in [4.78, 5) is 18.7. The van der Waals surface area contributed by atoms with E-state index in [1.807, 2.05) is 12.1 Å². The van der Waals surface area contributed by atoms with Crippen LogP contribution in [0.25, 0.3) is 0 Å². The maximum Gasteiger partial charge on any atom is 0.250 e. The van der Waals surface area contributed by atoms with Crippen LogP contribution in [0.5, 0.6) is 0 Å². The highest BCUT2D eigenvalue weighted by molar-refractivity contribution is 7.91. The number of carbonyl (C=O) groups is 1. The molecule has 1 aliphatic heterocycles. The normalized spacial score (nSPS) is 19.6. The lowest BCUT2D eigenvalue weighted by molar-refractivity contribution is -0.136. The smallest absolute Gasteiger partial charge is 0.250 e. The summed E-state index contributed by atoms with van der Waals surface area (Å²) in [5.41, 5.74) is 0.927. The van der Waals surface area contributed by atoms with Gasteiger partial charge < -0.3 is 10.2 Å². The minimum absolute atomic E-state index is 0.163. The van der Waals surface area contributed by atoms with Gasteiger partial charge in [0.05, 0.1) is 12.1 Å². The number of sulfonamides is 1. The quantitative estimate of drug-likeness (QED) is 0.807. The van der Waals surface area contributed by atoms with E-state index >= 15 is 0 Å². The highest BCUT2D eigenvalue weighted by Gasteiger charge is 2.32. The number of rotatable bonds is 5. The zero-order chi connectivity index (χ0) is 17.9. The fourth-order valence-corrected chi connectivity index (χ4v) is 5.05. The minimum atomic E-state index is -3.69. The van der Waals surface area contributed by atoms with E-state index in [0.717, 1.165) is 16.9 Å². The Morgan fingerprint density at radius 1 is 1.44 bits per heavy atom. The Labute approximate surface area is 151 Å². The van der Waals surface area contributed by atoms with Gasteiger partial charge >= 0.3 is 0 Å². The fraction of sp³-hybridized carbons (Fsp3) is 0.375. The van der Waals surface area contributed by atoms with E-state index in [1.165, 1.54) is 6.07 Å². The second-order valence-electron chi connectivity index (χ2n) is 5.81.